The van der Waals surface area contributed by atoms with Crippen LogP contribution in [0.5, 0.6) is 0 Å². The molecular weight excluding hydrogens is 168 g/mol. The molecule has 0 heterocycles. The van der Waals surface area contributed by atoms with Gasteiger partial charge in [0, 0.05) is 6.42 Å². The monoisotopic (exact) mass is 188 g/mol. The van der Waals surface area contributed by atoms with Crippen molar-refractivity contribution >= 4 is 6.29 Å². The molecule has 1 atom stereocenters. The van der Waals surface area contributed by atoms with Crippen LogP contribution in [-0.4, -0.2) is 29.2 Å². The van der Waals surface area contributed by atoms with Crippen LogP contribution in [0.25, 0.3) is 0 Å². The molecule has 0 bridgehead atoms. The molecule has 0 spiro atoms. The average Bonchev–Trinajstić information content (AvgIpc) is 2.14. The fourth-order valence-corrected chi connectivity index (χ4v) is 0.449. The molecule has 0 aliphatic rings. The summed E-state index contributed by atoms with van der Waals surface area (Å²) in [5.41, 5.74) is 0. The third-order valence-corrected chi connectivity index (χ3v) is 1.12. The van der Waals surface area contributed by atoms with E-state index in [0.29, 0.717) is 6.42 Å². The summed E-state index contributed by atoms with van der Waals surface area (Å²) in [7, 11) is 0. The summed E-state index contributed by atoms with van der Waals surface area (Å²) in [6, 6.07) is 0. The number of aliphatic hydroxyl groups excluding tert-OH is 2. The van der Waals surface area contributed by atoms with Gasteiger partial charge in [-0.15, -0.1) is 0 Å². The maximum atomic E-state index is 9.73. The summed E-state index contributed by atoms with van der Waals surface area (Å²) >= 11 is 0. The number of carbonyl (C=O) groups excluding carboxylic acids is 1. The maximum Gasteiger partial charge on any atom is 0.120 e. The topological polar surface area (TPSA) is 57.5 Å². The predicted octanol–water partition coefficient (Wildman–Crippen LogP) is 1.29. The lowest BCUT2D eigenvalue weighted by atomic mass is 10.3. The molecule has 0 fully saturated rings. The van der Waals surface area contributed by atoms with E-state index in [4.69, 9.17) is 10.2 Å². The van der Waals surface area contributed by atoms with Crippen LogP contribution >= 0.6 is 0 Å². The number of hydrogen-bond donors (Lipinski definition) is 2. The average molecular weight is 188 g/mol. The number of carbonyl (C=O) groups is 1. The van der Waals surface area contributed by atoms with Gasteiger partial charge in [0.05, 0.1) is 12.7 Å². The molecule has 0 aliphatic carbocycles. The van der Waals surface area contributed by atoms with Crippen molar-refractivity contribution in [2.45, 2.75) is 39.2 Å². The Morgan fingerprint density at radius 3 is 2.15 bits per heavy atom. The van der Waals surface area contributed by atoms with Crippen LogP contribution in [0, 0.1) is 0 Å². The van der Waals surface area contributed by atoms with Gasteiger partial charge in [-0.1, -0.05) is 19.1 Å². The van der Waals surface area contributed by atoms with Gasteiger partial charge >= 0.3 is 0 Å². The van der Waals surface area contributed by atoms with Crippen LogP contribution in [0.2, 0.25) is 0 Å². The zero-order valence-electron chi connectivity index (χ0n) is 8.44. The maximum absolute atomic E-state index is 9.73. The van der Waals surface area contributed by atoms with E-state index >= 15 is 0 Å². The van der Waals surface area contributed by atoms with Gasteiger partial charge in [0.2, 0.25) is 0 Å². The Morgan fingerprint density at radius 1 is 1.31 bits per heavy atom. The summed E-state index contributed by atoms with van der Waals surface area (Å²) in [6.45, 7) is 3.47. The molecule has 0 radical (unpaired) electrons. The second-order valence-electron chi connectivity index (χ2n) is 2.66. The second-order valence-corrected chi connectivity index (χ2v) is 2.66. The minimum absolute atomic E-state index is 0.139. The van der Waals surface area contributed by atoms with Crippen molar-refractivity contribution in [2.75, 3.05) is 6.61 Å². The third-order valence-electron chi connectivity index (χ3n) is 1.12. The molecule has 3 nitrogen and oxygen atoms in total. The Morgan fingerprint density at radius 2 is 1.85 bits per heavy atom. The predicted molar refractivity (Wildman–Crippen MR) is 53.5 cm³/mol. The number of rotatable bonds is 5. The molecular formula is C10H20O3. The number of aliphatic hydroxyl groups is 2. The number of aldehydes is 1. The van der Waals surface area contributed by atoms with Crippen molar-refractivity contribution in [3.63, 3.8) is 0 Å². The third kappa shape index (κ3) is 24.6. The molecule has 78 valence electrons. The molecule has 0 aliphatic heterocycles. The summed E-state index contributed by atoms with van der Waals surface area (Å²) in [6.07, 6.45) is 7.12. The zero-order valence-corrected chi connectivity index (χ0v) is 8.44. The first-order valence-electron chi connectivity index (χ1n) is 4.56. The van der Waals surface area contributed by atoms with Gasteiger partial charge in [-0.3, -0.25) is 0 Å². The summed E-state index contributed by atoms with van der Waals surface area (Å²) in [4.78, 5) is 9.73. The highest BCUT2D eigenvalue weighted by Gasteiger charge is 1.83. The molecule has 0 amide bonds. The zero-order chi connectivity index (χ0) is 10.5. The van der Waals surface area contributed by atoms with E-state index in [-0.39, 0.29) is 6.61 Å². The molecule has 0 aromatic rings. The molecule has 2 N–H and O–H groups in total. The quantitative estimate of drug-likeness (QED) is 0.388. The standard InChI is InChI=1S/C7H12O.C3H8O2/c1-2-3-4-5-6-7-8;1-3(5)2-4/h3-4,7H,2,5-6H2,1H3;3-5H,2H2,1H3/b4-3-;. The van der Waals surface area contributed by atoms with Crippen LogP contribution < -0.4 is 0 Å². The van der Waals surface area contributed by atoms with Crippen LogP contribution in [0.3, 0.4) is 0 Å². The van der Waals surface area contributed by atoms with E-state index in [1.807, 2.05) is 6.08 Å². The first kappa shape index (κ1) is 14.8. The van der Waals surface area contributed by atoms with E-state index in [9.17, 15) is 4.79 Å². The first-order chi connectivity index (χ1) is 6.18. The fraction of sp³-hybridized carbons (Fsp3) is 0.700. The Kier molecular flexibility index (Phi) is 15.8. The van der Waals surface area contributed by atoms with Crippen LogP contribution in [0.1, 0.15) is 33.1 Å². The summed E-state index contributed by atoms with van der Waals surface area (Å²) in [5.74, 6) is 0. The van der Waals surface area contributed by atoms with Gasteiger partial charge in [-0.2, -0.15) is 0 Å². The summed E-state index contributed by atoms with van der Waals surface area (Å²) < 4.78 is 0. The fourth-order valence-electron chi connectivity index (χ4n) is 0.449. The smallest absolute Gasteiger partial charge is 0.120 e. The van der Waals surface area contributed by atoms with Crippen molar-refractivity contribution in [3.8, 4) is 0 Å². The number of allylic oxidation sites excluding steroid dienone is 2. The minimum atomic E-state index is -0.560. The highest BCUT2D eigenvalue weighted by atomic mass is 16.3. The Labute approximate surface area is 80.1 Å². The Bertz CT molecular complexity index is 119. The Balaban J connectivity index is 0. The highest BCUT2D eigenvalue weighted by Crippen LogP contribution is 1.87. The lowest BCUT2D eigenvalue weighted by Gasteiger charge is -1.90. The van der Waals surface area contributed by atoms with E-state index in [2.05, 4.69) is 13.0 Å². The van der Waals surface area contributed by atoms with Gasteiger partial charge in [0.15, 0.2) is 0 Å². The number of unbranched alkanes of at least 4 members (excludes halogenated alkanes) is 1. The molecule has 1 unspecified atom stereocenters. The van der Waals surface area contributed by atoms with E-state index in [0.717, 1.165) is 19.1 Å². The van der Waals surface area contributed by atoms with Crippen molar-refractivity contribution < 1.29 is 15.0 Å². The minimum Gasteiger partial charge on any atom is -0.394 e. The van der Waals surface area contributed by atoms with E-state index < -0.39 is 6.10 Å². The van der Waals surface area contributed by atoms with Crippen molar-refractivity contribution in [1.29, 1.82) is 0 Å². The van der Waals surface area contributed by atoms with E-state index in [1.54, 1.807) is 0 Å². The van der Waals surface area contributed by atoms with E-state index in [1.165, 1.54) is 6.92 Å². The largest absolute Gasteiger partial charge is 0.394 e. The first-order valence-corrected chi connectivity index (χ1v) is 4.56. The summed E-state index contributed by atoms with van der Waals surface area (Å²) in [5, 5.41) is 16.0. The van der Waals surface area contributed by atoms with Crippen LogP contribution in [-0.2, 0) is 4.79 Å². The van der Waals surface area contributed by atoms with Crippen LogP contribution in [0.15, 0.2) is 12.2 Å². The molecule has 0 saturated carbocycles. The molecule has 0 saturated heterocycles. The molecule has 0 rings (SSSR count). The Hall–Kier alpha value is -0.670. The van der Waals surface area contributed by atoms with Gasteiger partial charge in [-0.05, 0) is 19.8 Å². The van der Waals surface area contributed by atoms with Crippen molar-refractivity contribution in [1.82, 2.24) is 0 Å². The van der Waals surface area contributed by atoms with Gasteiger partial charge in [-0.25, -0.2) is 0 Å². The normalized spacial score (nSPS) is 12.0. The highest BCUT2D eigenvalue weighted by molar-refractivity contribution is 5.49. The van der Waals surface area contributed by atoms with Gasteiger partial charge in [0.1, 0.15) is 6.29 Å². The van der Waals surface area contributed by atoms with Gasteiger partial charge in [0.25, 0.3) is 0 Å². The lowest BCUT2D eigenvalue weighted by molar-refractivity contribution is -0.107. The van der Waals surface area contributed by atoms with Gasteiger partial charge < -0.3 is 15.0 Å². The number of hydrogen-bond acceptors (Lipinski definition) is 3. The molecule has 0 aromatic heterocycles. The van der Waals surface area contributed by atoms with Crippen molar-refractivity contribution in [2.24, 2.45) is 0 Å². The molecule has 0 aromatic carbocycles. The SMILES string of the molecule is CC(O)CO.CC/C=C\CCC=O. The second kappa shape index (κ2) is 13.9. The molecule has 13 heavy (non-hydrogen) atoms. The van der Waals surface area contributed by atoms with Crippen molar-refractivity contribution in [3.05, 3.63) is 12.2 Å². The molecule has 3 heteroatoms. The van der Waals surface area contributed by atoms with Crippen LogP contribution in [0.4, 0.5) is 0 Å². The lowest BCUT2D eigenvalue weighted by Crippen LogP contribution is -2.03.